The predicted octanol–water partition coefficient (Wildman–Crippen LogP) is 5.95. The maximum atomic E-state index is 7.25. The van der Waals surface area contributed by atoms with Gasteiger partial charge in [0.1, 0.15) is 6.79 Å². The Balaban J connectivity index is 1.60. The molecular formula is C32H46O4Si. The highest BCUT2D eigenvalue weighted by atomic mass is 28.4. The first-order chi connectivity index (χ1) is 17.6. The molecule has 1 spiro atoms. The van der Waals surface area contributed by atoms with Gasteiger partial charge in [-0.05, 0) is 40.6 Å². The van der Waals surface area contributed by atoms with Gasteiger partial charge in [-0.1, -0.05) is 101 Å². The first-order valence-electron chi connectivity index (χ1n) is 13.7. The minimum Gasteiger partial charge on any atom is -0.405 e. The van der Waals surface area contributed by atoms with Crippen LogP contribution in [-0.4, -0.2) is 47.1 Å². The summed E-state index contributed by atoms with van der Waals surface area (Å²) in [5, 5.41) is 2.57. The molecule has 37 heavy (non-hydrogen) atoms. The Morgan fingerprint density at radius 2 is 1.62 bits per heavy atom. The second-order valence-corrected chi connectivity index (χ2v) is 16.7. The molecule has 0 amide bonds. The molecule has 2 fully saturated rings. The zero-order valence-corrected chi connectivity index (χ0v) is 24.7. The summed E-state index contributed by atoms with van der Waals surface area (Å²) in [5.74, 6) is 0.650. The zero-order chi connectivity index (χ0) is 26.7. The van der Waals surface area contributed by atoms with Gasteiger partial charge in [-0.2, -0.15) is 0 Å². The summed E-state index contributed by atoms with van der Waals surface area (Å²) in [6, 6.07) is 21.7. The molecule has 4 rings (SSSR count). The summed E-state index contributed by atoms with van der Waals surface area (Å²) in [4.78, 5) is 0. The molecule has 0 aromatic heterocycles. The molecule has 1 aliphatic heterocycles. The quantitative estimate of drug-likeness (QED) is 0.167. The minimum atomic E-state index is -2.60. The van der Waals surface area contributed by atoms with Gasteiger partial charge in [0.2, 0.25) is 0 Å². The van der Waals surface area contributed by atoms with Crippen LogP contribution in [0.15, 0.2) is 73.3 Å². The molecule has 1 saturated heterocycles. The Morgan fingerprint density at radius 3 is 2.14 bits per heavy atom. The third-order valence-corrected chi connectivity index (χ3v) is 14.0. The number of rotatable bonds is 10. The maximum Gasteiger partial charge on any atom is 0.261 e. The van der Waals surface area contributed by atoms with Gasteiger partial charge < -0.3 is 18.6 Å². The number of ether oxygens (including phenoxy) is 3. The Hall–Kier alpha value is -1.76. The molecule has 0 N–H and O–H groups in total. The highest BCUT2D eigenvalue weighted by Crippen LogP contribution is 2.58. The summed E-state index contributed by atoms with van der Waals surface area (Å²) < 4.78 is 25.3. The van der Waals surface area contributed by atoms with E-state index in [1.807, 2.05) is 0 Å². The van der Waals surface area contributed by atoms with E-state index in [1.165, 1.54) is 10.4 Å². The first kappa shape index (κ1) is 28.3. The summed E-state index contributed by atoms with van der Waals surface area (Å²) in [5.41, 5.74) is -0.227. The fourth-order valence-electron chi connectivity index (χ4n) is 7.22. The molecule has 2 aromatic rings. The molecule has 2 aliphatic rings. The van der Waals surface area contributed by atoms with Crippen molar-refractivity contribution >= 4 is 18.7 Å². The second-order valence-electron chi connectivity index (χ2n) is 12.4. The lowest BCUT2D eigenvalue weighted by molar-refractivity contribution is -0.110. The van der Waals surface area contributed by atoms with Crippen LogP contribution in [0.4, 0.5) is 0 Å². The van der Waals surface area contributed by atoms with E-state index in [0.717, 1.165) is 19.3 Å². The van der Waals surface area contributed by atoms with Gasteiger partial charge in [-0.15, -0.1) is 6.58 Å². The molecule has 4 nitrogen and oxygen atoms in total. The summed E-state index contributed by atoms with van der Waals surface area (Å²) >= 11 is 0. The molecule has 1 aliphatic carbocycles. The molecule has 2 aromatic carbocycles. The SMILES string of the molecule is C=CC1C(C)(COCOC)CCC12OC(CO[Si](c1ccccc1)(c1ccccc1)C(C)(C)C)CC2C. The highest BCUT2D eigenvalue weighted by Gasteiger charge is 2.61. The van der Waals surface area contributed by atoms with Crippen LogP contribution in [0.3, 0.4) is 0 Å². The fourth-order valence-corrected chi connectivity index (χ4v) is 11.8. The van der Waals surface area contributed by atoms with Crippen molar-refractivity contribution in [2.45, 2.75) is 70.6 Å². The van der Waals surface area contributed by atoms with E-state index in [4.69, 9.17) is 18.6 Å². The van der Waals surface area contributed by atoms with E-state index in [2.05, 4.69) is 108 Å². The average Bonchev–Trinajstić information content (AvgIpc) is 3.35. The zero-order valence-electron chi connectivity index (χ0n) is 23.7. The third-order valence-electron chi connectivity index (χ3n) is 8.97. The normalized spacial score (nSPS) is 30.2. The molecule has 0 bridgehead atoms. The lowest BCUT2D eigenvalue weighted by atomic mass is 9.72. The smallest absolute Gasteiger partial charge is 0.261 e. The molecule has 1 saturated carbocycles. The van der Waals surface area contributed by atoms with E-state index >= 15 is 0 Å². The second kappa shape index (κ2) is 11.2. The van der Waals surface area contributed by atoms with Gasteiger partial charge >= 0.3 is 0 Å². The van der Waals surface area contributed by atoms with Crippen molar-refractivity contribution in [1.82, 2.24) is 0 Å². The molecule has 5 atom stereocenters. The largest absolute Gasteiger partial charge is 0.405 e. The monoisotopic (exact) mass is 522 g/mol. The fraction of sp³-hybridized carbons (Fsp3) is 0.562. The van der Waals surface area contributed by atoms with Gasteiger partial charge in [0.05, 0.1) is 24.9 Å². The number of methoxy groups -OCH3 is 1. The molecule has 0 radical (unpaired) electrons. The Morgan fingerprint density at radius 1 is 1.03 bits per heavy atom. The van der Waals surface area contributed by atoms with E-state index < -0.39 is 8.32 Å². The molecular weight excluding hydrogens is 476 g/mol. The van der Waals surface area contributed by atoms with Crippen LogP contribution in [0.25, 0.3) is 0 Å². The standard InChI is InChI=1S/C32H46O4Si/c1-8-29-31(6,23-34-24-33-7)19-20-32(29)25(2)21-26(36-32)22-35-37(30(3,4)5,27-15-11-9-12-16-27)28-17-13-10-14-18-28/h8-18,25-26,29H,1,19-24H2,2-7H3. The van der Waals surface area contributed by atoms with E-state index in [0.29, 0.717) is 25.9 Å². The Bertz CT molecular complexity index is 981. The van der Waals surface area contributed by atoms with E-state index in [1.54, 1.807) is 7.11 Å². The van der Waals surface area contributed by atoms with Gasteiger partial charge in [0.25, 0.3) is 8.32 Å². The summed E-state index contributed by atoms with van der Waals surface area (Å²) in [6.45, 7) is 17.5. The Labute approximate surface area is 225 Å². The highest BCUT2D eigenvalue weighted by molar-refractivity contribution is 6.99. The van der Waals surface area contributed by atoms with Crippen LogP contribution in [0.1, 0.15) is 53.9 Å². The van der Waals surface area contributed by atoms with E-state index in [9.17, 15) is 0 Å². The lowest BCUT2D eigenvalue weighted by Gasteiger charge is -2.43. The van der Waals surface area contributed by atoms with Crippen molar-refractivity contribution in [2.75, 3.05) is 27.1 Å². The minimum absolute atomic E-state index is 0.0116. The van der Waals surface area contributed by atoms with Gasteiger partial charge in [0.15, 0.2) is 0 Å². The van der Waals surface area contributed by atoms with Crippen molar-refractivity contribution in [3.05, 3.63) is 73.3 Å². The predicted molar refractivity (Wildman–Crippen MR) is 154 cm³/mol. The molecule has 5 unspecified atom stereocenters. The van der Waals surface area contributed by atoms with Crippen LogP contribution < -0.4 is 10.4 Å². The lowest BCUT2D eigenvalue weighted by Crippen LogP contribution is -2.67. The third kappa shape index (κ3) is 5.14. The van der Waals surface area contributed by atoms with Gasteiger partial charge in [0, 0.05) is 18.4 Å². The molecule has 5 heteroatoms. The number of hydrogen-bond donors (Lipinski definition) is 0. The van der Waals surface area contributed by atoms with Crippen molar-refractivity contribution in [1.29, 1.82) is 0 Å². The van der Waals surface area contributed by atoms with Crippen LogP contribution in [0.2, 0.25) is 5.04 Å². The van der Waals surface area contributed by atoms with Crippen molar-refractivity contribution in [2.24, 2.45) is 17.3 Å². The van der Waals surface area contributed by atoms with Gasteiger partial charge in [-0.25, -0.2) is 0 Å². The van der Waals surface area contributed by atoms with Crippen LogP contribution in [-0.2, 0) is 18.6 Å². The molecule has 202 valence electrons. The van der Waals surface area contributed by atoms with Crippen LogP contribution >= 0.6 is 0 Å². The first-order valence-corrected chi connectivity index (χ1v) is 15.7. The summed E-state index contributed by atoms with van der Waals surface area (Å²) in [7, 11) is -0.931. The van der Waals surface area contributed by atoms with Crippen molar-refractivity contribution in [3.63, 3.8) is 0 Å². The summed E-state index contributed by atoms with van der Waals surface area (Å²) in [6.07, 6.45) is 5.25. The van der Waals surface area contributed by atoms with Crippen molar-refractivity contribution < 1.29 is 18.6 Å². The number of hydrogen-bond acceptors (Lipinski definition) is 4. The number of benzene rings is 2. The van der Waals surface area contributed by atoms with E-state index in [-0.39, 0.29) is 28.1 Å². The van der Waals surface area contributed by atoms with Crippen LogP contribution in [0.5, 0.6) is 0 Å². The average molecular weight is 523 g/mol. The van der Waals surface area contributed by atoms with Crippen LogP contribution in [0, 0.1) is 17.3 Å². The topological polar surface area (TPSA) is 36.9 Å². The Kier molecular flexibility index (Phi) is 8.51. The molecule has 1 heterocycles. The van der Waals surface area contributed by atoms with Gasteiger partial charge in [-0.3, -0.25) is 0 Å². The van der Waals surface area contributed by atoms with Crippen molar-refractivity contribution in [3.8, 4) is 0 Å². The maximum absolute atomic E-state index is 7.25.